The molecule has 1 aliphatic rings. The quantitative estimate of drug-likeness (QED) is 0.657. The van der Waals surface area contributed by atoms with Crippen molar-refractivity contribution in [1.29, 1.82) is 0 Å². The summed E-state index contributed by atoms with van der Waals surface area (Å²) < 4.78 is 0. The molecule has 0 spiro atoms. The Bertz CT molecular complexity index is 487. The molecule has 4 nitrogen and oxygen atoms in total. The van der Waals surface area contributed by atoms with Crippen molar-refractivity contribution in [2.45, 2.75) is 6.42 Å². The van der Waals surface area contributed by atoms with Crippen LogP contribution in [-0.2, 0) is 0 Å². The molecule has 1 aromatic rings. The number of nitrogens with zero attached hydrogens (tertiary/aromatic N) is 2. The van der Waals surface area contributed by atoms with E-state index in [0.29, 0.717) is 0 Å². The number of carbonyl (C=O) groups is 1. The first-order chi connectivity index (χ1) is 10.7. The van der Waals surface area contributed by atoms with Gasteiger partial charge in [-0.3, -0.25) is 4.79 Å². The third kappa shape index (κ3) is 4.88. The molecule has 2 rings (SSSR count). The van der Waals surface area contributed by atoms with Gasteiger partial charge in [0.25, 0.3) is 5.91 Å². The summed E-state index contributed by atoms with van der Waals surface area (Å²) >= 11 is 7.28. The second-order valence-corrected chi connectivity index (χ2v) is 6.60. The lowest BCUT2D eigenvalue weighted by Gasteiger charge is -2.36. The fraction of sp³-hybridized carbons (Fsp3) is 0.500. The first-order valence-corrected chi connectivity index (χ1v) is 9.38. The molecular formula is C16H23N3OS2. The van der Waals surface area contributed by atoms with Gasteiger partial charge in [-0.15, -0.1) is 0 Å². The van der Waals surface area contributed by atoms with Gasteiger partial charge in [0, 0.05) is 38.3 Å². The highest BCUT2D eigenvalue weighted by Crippen LogP contribution is 2.09. The van der Waals surface area contributed by atoms with Crippen molar-refractivity contribution < 1.29 is 4.79 Å². The molecule has 0 aliphatic carbocycles. The van der Waals surface area contributed by atoms with Crippen LogP contribution in [-0.4, -0.2) is 65.6 Å². The number of thioether (sulfide) groups is 1. The Morgan fingerprint density at radius 2 is 1.82 bits per heavy atom. The summed E-state index contributed by atoms with van der Waals surface area (Å²) in [5.41, 5.74) is 0.758. The molecule has 0 saturated carbocycles. The van der Waals surface area contributed by atoms with Gasteiger partial charge in [-0.1, -0.05) is 18.2 Å². The van der Waals surface area contributed by atoms with Crippen LogP contribution in [0.3, 0.4) is 0 Å². The first-order valence-electron chi connectivity index (χ1n) is 7.58. The van der Waals surface area contributed by atoms with Crippen LogP contribution >= 0.6 is 24.0 Å². The van der Waals surface area contributed by atoms with Gasteiger partial charge < -0.3 is 15.1 Å². The highest BCUT2D eigenvalue weighted by atomic mass is 32.2. The van der Waals surface area contributed by atoms with Crippen molar-refractivity contribution in [3.05, 3.63) is 35.9 Å². The van der Waals surface area contributed by atoms with Crippen molar-refractivity contribution in [2.24, 2.45) is 0 Å². The minimum Gasteiger partial charge on any atom is -0.363 e. The smallest absolute Gasteiger partial charge is 0.253 e. The standard InChI is InChI=1S/C16H23N3OS2/c1-22-13-5-8-17-16(21)19-11-9-18(10-12-19)15(20)14-6-3-2-4-7-14/h2-4,6-7H,5,8-13H2,1H3,(H,17,21). The van der Waals surface area contributed by atoms with E-state index < -0.39 is 0 Å². The Balaban J connectivity index is 1.75. The number of amides is 1. The Hall–Kier alpha value is -1.27. The van der Waals surface area contributed by atoms with Crippen LogP contribution < -0.4 is 5.32 Å². The first kappa shape index (κ1) is 17.1. The molecule has 1 saturated heterocycles. The molecule has 0 atom stereocenters. The minimum absolute atomic E-state index is 0.110. The van der Waals surface area contributed by atoms with E-state index in [4.69, 9.17) is 12.2 Å². The molecule has 1 N–H and O–H groups in total. The lowest BCUT2D eigenvalue weighted by Crippen LogP contribution is -2.53. The van der Waals surface area contributed by atoms with Crippen LogP contribution in [0.25, 0.3) is 0 Å². The van der Waals surface area contributed by atoms with Crippen molar-refractivity contribution in [3.8, 4) is 0 Å². The summed E-state index contributed by atoms with van der Waals surface area (Å²) in [5.74, 6) is 1.26. The van der Waals surface area contributed by atoms with Crippen molar-refractivity contribution >= 4 is 35.0 Å². The largest absolute Gasteiger partial charge is 0.363 e. The predicted molar refractivity (Wildman–Crippen MR) is 97.5 cm³/mol. The maximum Gasteiger partial charge on any atom is 0.253 e. The molecule has 0 aromatic heterocycles. The molecule has 22 heavy (non-hydrogen) atoms. The average molecular weight is 338 g/mol. The fourth-order valence-corrected chi connectivity index (χ4v) is 3.12. The zero-order chi connectivity index (χ0) is 15.8. The average Bonchev–Trinajstić information content (AvgIpc) is 2.59. The summed E-state index contributed by atoms with van der Waals surface area (Å²) in [6.45, 7) is 3.96. The van der Waals surface area contributed by atoms with Crippen LogP contribution in [0, 0.1) is 0 Å². The van der Waals surface area contributed by atoms with E-state index in [0.717, 1.165) is 55.6 Å². The van der Waals surface area contributed by atoms with Crippen molar-refractivity contribution in [1.82, 2.24) is 15.1 Å². The van der Waals surface area contributed by atoms with Crippen LogP contribution in [0.5, 0.6) is 0 Å². The monoisotopic (exact) mass is 337 g/mol. The molecule has 1 heterocycles. The van der Waals surface area contributed by atoms with Crippen LogP contribution in [0.2, 0.25) is 0 Å². The van der Waals surface area contributed by atoms with Gasteiger partial charge in [0.1, 0.15) is 0 Å². The highest BCUT2D eigenvalue weighted by molar-refractivity contribution is 7.98. The van der Waals surface area contributed by atoms with E-state index in [9.17, 15) is 4.79 Å². The van der Waals surface area contributed by atoms with Gasteiger partial charge in [-0.05, 0) is 42.8 Å². The second kappa shape index (κ2) is 9.00. The fourth-order valence-electron chi connectivity index (χ4n) is 2.40. The maximum absolute atomic E-state index is 12.4. The Kier molecular flexibility index (Phi) is 6.99. The van der Waals surface area contributed by atoms with Crippen LogP contribution in [0.1, 0.15) is 16.8 Å². The van der Waals surface area contributed by atoms with Crippen molar-refractivity contribution in [3.63, 3.8) is 0 Å². The van der Waals surface area contributed by atoms with Crippen LogP contribution in [0.15, 0.2) is 30.3 Å². The predicted octanol–water partition coefficient (Wildman–Crippen LogP) is 2.07. The zero-order valence-corrected chi connectivity index (χ0v) is 14.6. The number of hydrogen-bond donors (Lipinski definition) is 1. The van der Waals surface area contributed by atoms with Gasteiger partial charge in [0.2, 0.25) is 0 Å². The molecule has 0 bridgehead atoms. The molecule has 0 unspecified atom stereocenters. The number of rotatable bonds is 5. The van der Waals surface area contributed by atoms with E-state index in [1.807, 2.05) is 47.0 Å². The Morgan fingerprint density at radius 3 is 2.45 bits per heavy atom. The summed E-state index contributed by atoms with van der Waals surface area (Å²) in [6.07, 6.45) is 3.23. The maximum atomic E-state index is 12.4. The number of hydrogen-bond acceptors (Lipinski definition) is 3. The molecular weight excluding hydrogens is 314 g/mol. The van der Waals surface area contributed by atoms with Gasteiger partial charge in [-0.2, -0.15) is 11.8 Å². The van der Waals surface area contributed by atoms with Gasteiger partial charge >= 0.3 is 0 Å². The van der Waals surface area contributed by atoms with Gasteiger partial charge in [-0.25, -0.2) is 0 Å². The van der Waals surface area contributed by atoms with Gasteiger partial charge in [0.15, 0.2) is 5.11 Å². The third-order valence-electron chi connectivity index (χ3n) is 3.68. The lowest BCUT2D eigenvalue weighted by atomic mass is 10.2. The van der Waals surface area contributed by atoms with E-state index in [1.165, 1.54) is 0 Å². The normalized spacial score (nSPS) is 14.8. The van der Waals surface area contributed by atoms with Gasteiger partial charge in [0.05, 0.1) is 0 Å². The molecule has 1 aromatic carbocycles. The molecule has 0 radical (unpaired) electrons. The Labute approximate surface area is 142 Å². The number of nitrogens with one attached hydrogen (secondary N) is 1. The van der Waals surface area contributed by atoms with Crippen LogP contribution in [0.4, 0.5) is 0 Å². The molecule has 6 heteroatoms. The summed E-state index contributed by atoms with van der Waals surface area (Å²) in [5, 5.41) is 4.12. The topological polar surface area (TPSA) is 35.6 Å². The highest BCUT2D eigenvalue weighted by Gasteiger charge is 2.22. The SMILES string of the molecule is CSCCCNC(=S)N1CCN(C(=O)c2ccccc2)CC1. The van der Waals surface area contributed by atoms with E-state index in [1.54, 1.807) is 0 Å². The number of benzene rings is 1. The molecule has 1 aliphatic heterocycles. The molecule has 1 fully saturated rings. The Morgan fingerprint density at radius 1 is 1.18 bits per heavy atom. The number of carbonyl (C=O) groups excluding carboxylic acids is 1. The summed E-state index contributed by atoms with van der Waals surface area (Å²) in [6, 6.07) is 9.46. The van der Waals surface area contributed by atoms with Crippen molar-refractivity contribution in [2.75, 3.05) is 44.7 Å². The molecule has 120 valence electrons. The van der Waals surface area contributed by atoms with E-state index in [-0.39, 0.29) is 5.91 Å². The zero-order valence-electron chi connectivity index (χ0n) is 13.0. The molecule has 1 amide bonds. The number of thiocarbonyl (C=S) groups is 1. The summed E-state index contributed by atoms with van der Waals surface area (Å²) in [7, 11) is 0. The summed E-state index contributed by atoms with van der Waals surface area (Å²) in [4.78, 5) is 16.4. The third-order valence-corrected chi connectivity index (χ3v) is 4.78. The minimum atomic E-state index is 0.110. The lowest BCUT2D eigenvalue weighted by molar-refractivity contribution is 0.0691. The second-order valence-electron chi connectivity index (χ2n) is 5.22. The van der Waals surface area contributed by atoms with E-state index >= 15 is 0 Å². The number of piperazine rings is 1. The van der Waals surface area contributed by atoms with E-state index in [2.05, 4.69) is 16.5 Å².